The monoisotopic (exact) mass is 166 g/mol. The molecule has 0 aromatic carbocycles. The first-order valence-corrected chi connectivity index (χ1v) is 4.63. The van der Waals surface area contributed by atoms with Gasteiger partial charge in [0, 0.05) is 6.42 Å². The Bertz CT molecular complexity index is 174. The average Bonchev–Trinajstić information content (AvgIpc) is 2.09. The van der Waals surface area contributed by atoms with Crippen LogP contribution < -0.4 is 5.32 Å². The summed E-state index contributed by atoms with van der Waals surface area (Å²) < 4.78 is 5.39. The Kier molecular flexibility index (Phi) is 3.71. The third-order valence-corrected chi connectivity index (χ3v) is 1.79. The van der Waals surface area contributed by atoms with Gasteiger partial charge in [0.05, 0.1) is 11.9 Å². The van der Waals surface area contributed by atoms with E-state index in [0.29, 0.717) is 0 Å². The lowest BCUT2D eigenvalue weighted by molar-refractivity contribution is 0.308. The SMILES string of the molecule is CCCC1=C(CCC)OC=C[N]1. The second-order valence-corrected chi connectivity index (χ2v) is 2.90. The van der Waals surface area contributed by atoms with Crippen molar-refractivity contribution < 1.29 is 4.74 Å². The lowest BCUT2D eigenvalue weighted by Crippen LogP contribution is -2.07. The molecule has 0 aromatic rings. The van der Waals surface area contributed by atoms with Crippen molar-refractivity contribution >= 4 is 0 Å². The Balaban J connectivity index is 2.57. The third-order valence-electron chi connectivity index (χ3n) is 1.79. The first-order valence-electron chi connectivity index (χ1n) is 4.63. The van der Waals surface area contributed by atoms with E-state index in [0.717, 1.165) is 37.1 Å². The van der Waals surface area contributed by atoms with Crippen LogP contribution in [0.5, 0.6) is 0 Å². The van der Waals surface area contributed by atoms with Gasteiger partial charge in [0.1, 0.15) is 12.0 Å². The standard InChI is InChI=1S/C10H16NO/c1-3-5-9-10(6-4-2)12-8-7-11-9/h7-8H,3-6H2,1-2H3. The second kappa shape index (κ2) is 4.86. The van der Waals surface area contributed by atoms with Crippen molar-refractivity contribution in [1.82, 2.24) is 5.32 Å². The minimum absolute atomic E-state index is 1.00. The molecule has 0 saturated heterocycles. The predicted octanol–water partition coefficient (Wildman–Crippen LogP) is 2.90. The molecule has 0 fully saturated rings. The number of hydrogen-bond acceptors (Lipinski definition) is 1. The van der Waals surface area contributed by atoms with Crippen molar-refractivity contribution in [3.05, 3.63) is 23.9 Å². The summed E-state index contributed by atoms with van der Waals surface area (Å²) in [4.78, 5) is 0. The molecule has 1 heterocycles. The van der Waals surface area contributed by atoms with Crippen LogP contribution in [0.3, 0.4) is 0 Å². The van der Waals surface area contributed by atoms with E-state index in [1.165, 1.54) is 0 Å². The molecule has 0 aliphatic carbocycles. The summed E-state index contributed by atoms with van der Waals surface area (Å²) >= 11 is 0. The molecule has 0 bridgehead atoms. The van der Waals surface area contributed by atoms with Gasteiger partial charge < -0.3 is 4.74 Å². The van der Waals surface area contributed by atoms with E-state index in [9.17, 15) is 0 Å². The highest BCUT2D eigenvalue weighted by molar-refractivity contribution is 5.12. The van der Waals surface area contributed by atoms with Crippen LogP contribution in [0.25, 0.3) is 0 Å². The van der Waals surface area contributed by atoms with Crippen molar-refractivity contribution in [3.63, 3.8) is 0 Å². The fourth-order valence-electron chi connectivity index (χ4n) is 1.24. The minimum Gasteiger partial charge on any atom is -0.466 e. The maximum Gasteiger partial charge on any atom is 0.125 e. The molecule has 0 aromatic heterocycles. The largest absolute Gasteiger partial charge is 0.466 e. The maximum absolute atomic E-state index is 5.39. The first-order chi connectivity index (χ1) is 5.88. The molecule has 2 heteroatoms. The van der Waals surface area contributed by atoms with Gasteiger partial charge in [-0.25, -0.2) is 0 Å². The van der Waals surface area contributed by atoms with Gasteiger partial charge >= 0.3 is 0 Å². The normalized spacial score (nSPS) is 15.8. The topological polar surface area (TPSA) is 23.3 Å². The Morgan fingerprint density at radius 3 is 2.67 bits per heavy atom. The third kappa shape index (κ3) is 2.29. The highest BCUT2D eigenvalue weighted by Crippen LogP contribution is 2.19. The number of hydrogen-bond donors (Lipinski definition) is 0. The van der Waals surface area contributed by atoms with E-state index in [-0.39, 0.29) is 0 Å². The van der Waals surface area contributed by atoms with Crippen LogP contribution in [-0.4, -0.2) is 0 Å². The zero-order valence-electron chi connectivity index (χ0n) is 7.84. The number of ether oxygens (including phenoxy) is 1. The molecule has 0 amide bonds. The van der Waals surface area contributed by atoms with Gasteiger partial charge in [-0.3, -0.25) is 5.32 Å². The van der Waals surface area contributed by atoms with Crippen LogP contribution in [0.2, 0.25) is 0 Å². The summed E-state index contributed by atoms with van der Waals surface area (Å²) in [5.41, 5.74) is 1.13. The first kappa shape index (κ1) is 9.17. The molecule has 1 radical (unpaired) electrons. The molecule has 2 nitrogen and oxygen atoms in total. The highest BCUT2D eigenvalue weighted by Gasteiger charge is 2.09. The Morgan fingerprint density at radius 2 is 2.00 bits per heavy atom. The van der Waals surface area contributed by atoms with E-state index < -0.39 is 0 Å². The van der Waals surface area contributed by atoms with Crippen LogP contribution >= 0.6 is 0 Å². The molecule has 1 rings (SSSR count). The lowest BCUT2D eigenvalue weighted by Gasteiger charge is -2.15. The lowest BCUT2D eigenvalue weighted by atomic mass is 10.1. The summed E-state index contributed by atoms with van der Waals surface area (Å²) in [5, 5.41) is 4.29. The van der Waals surface area contributed by atoms with Crippen LogP contribution in [-0.2, 0) is 4.74 Å². The quantitative estimate of drug-likeness (QED) is 0.629. The molecular weight excluding hydrogens is 150 g/mol. The average molecular weight is 166 g/mol. The van der Waals surface area contributed by atoms with Gasteiger partial charge in [0.15, 0.2) is 0 Å². The van der Waals surface area contributed by atoms with Crippen LogP contribution in [0.1, 0.15) is 39.5 Å². The predicted molar refractivity (Wildman–Crippen MR) is 49.2 cm³/mol. The maximum atomic E-state index is 5.39. The number of allylic oxidation sites excluding steroid dienone is 2. The number of rotatable bonds is 4. The second-order valence-electron chi connectivity index (χ2n) is 2.90. The van der Waals surface area contributed by atoms with Crippen LogP contribution in [0.4, 0.5) is 0 Å². The molecule has 1 aliphatic heterocycles. The van der Waals surface area contributed by atoms with Crippen molar-refractivity contribution in [2.24, 2.45) is 0 Å². The number of nitrogens with zero attached hydrogens (tertiary/aromatic N) is 1. The summed E-state index contributed by atoms with van der Waals surface area (Å²) in [6, 6.07) is 0. The van der Waals surface area contributed by atoms with Crippen molar-refractivity contribution in [2.45, 2.75) is 39.5 Å². The van der Waals surface area contributed by atoms with Gasteiger partial charge in [-0.2, -0.15) is 0 Å². The summed E-state index contributed by atoms with van der Waals surface area (Å²) in [6.45, 7) is 4.31. The van der Waals surface area contributed by atoms with Crippen molar-refractivity contribution in [3.8, 4) is 0 Å². The molecule has 67 valence electrons. The molecule has 1 aliphatic rings. The molecular formula is C10H16NO. The van der Waals surface area contributed by atoms with E-state index >= 15 is 0 Å². The summed E-state index contributed by atoms with van der Waals surface area (Å²) in [5.74, 6) is 1.06. The van der Waals surface area contributed by atoms with E-state index in [1.807, 2.05) is 0 Å². The van der Waals surface area contributed by atoms with Crippen LogP contribution in [0, 0.1) is 0 Å². The molecule has 0 atom stereocenters. The van der Waals surface area contributed by atoms with Gasteiger partial charge in [-0.15, -0.1) is 0 Å². The minimum atomic E-state index is 1.00. The summed E-state index contributed by atoms with van der Waals surface area (Å²) in [6.07, 6.45) is 7.66. The molecule has 0 saturated carbocycles. The van der Waals surface area contributed by atoms with E-state index in [4.69, 9.17) is 4.74 Å². The smallest absolute Gasteiger partial charge is 0.125 e. The molecule has 0 unspecified atom stereocenters. The molecule has 0 N–H and O–H groups in total. The molecule has 0 spiro atoms. The fraction of sp³-hybridized carbons (Fsp3) is 0.600. The Labute approximate surface area is 74.3 Å². The highest BCUT2D eigenvalue weighted by atomic mass is 16.5. The Morgan fingerprint density at radius 1 is 1.25 bits per heavy atom. The van der Waals surface area contributed by atoms with Gasteiger partial charge in [0.25, 0.3) is 0 Å². The van der Waals surface area contributed by atoms with Crippen LogP contribution in [0.15, 0.2) is 23.9 Å². The van der Waals surface area contributed by atoms with Crippen molar-refractivity contribution in [1.29, 1.82) is 0 Å². The van der Waals surface area contributed by atoms with Gasteiger partial charge in [0.2, 0.25) is 0 Å². The van der Waals surface area contributed by atoms with Gasteiger partial charge in [-0.1, -0.05) is 20.3 Å². The summed E-state index contributed by atoms with van der Waals surface area (Å²) in [7, 11) is 0. The fourth-order valence-corrected chi connectivity index (χ4v) is 1.24. The van der Waals surface area contributed by atoms with E-state index in [2.05, 4.69) is 19.2 Å². The zero-order chi connectivity index (χ0) is 8.81. The van der Waals surface area contributed by atoms with Gasteiger partial charge in [-0.05, 0) is 12.8 Å². The Hall–Kier alpha value is -0.920. The van der Waals surface area contributed by atoms with E-state index in [1.54, 1.807) is 12.5 Å². The zero-order valence-corrected chi connectivity index (χ0v) is 7.84. The molecule has 12 heavy (non-hydrogen) atoms. The van der Waals surface area contributed by atoms with Crippen molar-refractivity contribution in [2.75, 3.05) is 0 Å².